The molecule has 0 bridgehead atoms. The SMILES string of the molecule is CCSCCC(CNC(C)C)C1CCCC1. The van der Waals surface area contributed by atoms with E-state index in [-0.39, 0.29) is 0 Å². The molecule has 0 aromatic heterocycles. The van der Waals surface area contributed by atoms with Crippen LogP contribution in [0.3, 0.4) is 0 Å². The van der Waals surface area contributed by atoms with E-state index < -0.39 is 0 Å². The van der Waals surface area contributed by atoms with Gasteiger partial charge < -0.3 is 5.32 Å². The van der Waals surface area contributed by atoms with E-state index >= 15 is 0 Å². The molecule has 0 aromatic rings. The molecule has 1 aliphatic rings. The fraction of sp³-hybridized carbons (Fsp3) is 1.00. The molecule has 0 heterocycles. The third-order valence-corrected chi connectivity index (χ3v) is 4.62. The molecule has 1 aliphatic carbocycles. The fourth-order valence-corrected chi connectivity index (χ4v) is 3.46. The molecule has 1 N–H and O–H groups in total. The molecular weight excluding hydrogens is 214 g/mol. The number of thioether (sulfide) groups is 1. The van der Waals surface area contributed by atoms with Crippen molar-refractivity contribution in [1.29, 1.82) is 0 Å². The average molecular weight is 243 g/mol. The molecule has 0 spiro atoms. The van der Waals surface area contributed by atoms with Crippen LogP contribution in [0.15, 0.2) is 0 Å². The Kier molecular flexibility index (Phi) is 7.55. The first-order valence-electron chi connectivity index (χ1n) is 7.05. The van der Waals surface area contributed by atoms with Gasteiger partial charge in [-0.05, 0) is 36.3 Å². The van der Waals surface area contributed by atoms with E-state index in [1.807, 2.05) is 0 Å². The second-order valence-corrected chi connectivity index (χ2v) is 6.75. The van der Waals surface area contributed by atoms with Gasteiger partial charge >= 0.3 is 0 Å². The largest absolute Gasteiger partial charge is 0.314 e. The van der Waals surface area contributed by atoms with Gasteiger partial charge in [0.1, 0.15) is 0 Å². The Balaban J connectivity index is 2.28. The maximum absolute atomic E-state index is 3.64. The van der Waals surface area contributed by atoms with Gasteiger partial charge in [-0.2, -0.15) is 11.8 Å². The summed E-state index contributed by atoms with van der Waals surface area (Å²) in [4.78, 5) is 0. The maximum atomic E-state index is 3.64. The van der Waals surface area contributed by atoms with Crippen molar-refractivity contribution in [2.24, 2.45) is 11.8 Å². The van der Waals surface area contributed by atoms with Gasteiger partial charge in [-0.3, -0.25) is 0 Å². The first-order chi connectivity index (χ1) is 7.74. The predicted molar refractivity (Wildman–Crippen MR) is 76.2 cm³/mol. The van der Waals surface area contributed by atoms with Gasteiger partial charge in [0, 0.05) is 6.04 Å². The molecule has 0 aliphatic heterocycles. The van der Waals surface area contributed by atoms with Gasteiger partial charge in [0.05, 0.1) is 0 Å². The van der Waals surface area contributed by atoms with Crippen LogP contribution in [-0.4, -0.2) is 24.1 Å². The van der Waals surface area contributed by atoms with Crippen LogP contribution in [0.4, 0.5) is 0 Å². The molecule has 2 heteroatoms. The summed E-state index contributed by atoms with van der Waals surface area (Å²) in [6, 6.07) is 0.641. The highest BCUT2D eigenvalue weighted by Gasteiger charge is 2.24. The van der Waals surface area contributed by atoms with Crippen LogP contribution >= 0.6 is 11.8 Å². The molecule has 0 radical (unpaired) electrons. The zero-order valence-electron chi connectivity index (χ0n) is 11.3. The summed E-state index contributed by atoms with van der Waals surface area (Å²) in [6.45, 7) is 8.02. The normalized spacial score (nSPS) is 19.5. The molecule has 96 valence electrons. The minimum atomic E-state index is 0.641. The summed E-state index contributed by atoms with van der Waals surface area (Å²) in [7, 11) is 0. The van der Waals surface area contributed by atoms with Crippen LogP contribution in [-0.2, 0) is 0 Å². The van der Waals surface area contributed by atoms with E-state index in [4.69, 9.17) is 0 Å². The van der Waals surface area contributed by atoms with Crippen molar-refractivity contribution in [1.82, 2.24) is 5.32 Å². The zero-order valence-corrected chi connectivity index (χ0v) is 12.1. The molecule has 1 nitrogen and oxygen atoms in total. The van der Waals surface area contributed by atoms with E-state index in [0.717, 1.165) is 11.8 Å². The summed E-state index contributed by atoms with van der Waals surface area (Å²) < 4.78 is 0. The molecule has 1 unspecified atom stereocenters. The highest BCUT2D eigenvalue weighted by atomic mass is 32.2. The number of hydrogen-bond donors (Lipinski definition) is 1. The molecule has 0 saturated heterocycles. The van der Waals surface area contributed by atoms with Crippen LogP contribution in [0.2, 0.25) is 0 Å². The van der Waals surface area contributed by atoms with Crippen molar-refractivity contribution in [3.63, 3.8) is 0 Å². The summed E-state index contributed by atoms with van der Waals surface area (Å²) >= 11 is 2.10. The second-order valence-electron chi connectivity index (χ2n) is 5.35. The van der Waals surface area contributed by atoms with Crippen LogP contribution < -0.4 is 5.32 Å². The maximum Gasteiger partial charge on any atom is 0.00104 e. The predicted octanol–water partition coefficient (Wildman–Crippen LogP) is 3.93. The Hall–Kier alpha value is 0.310. The van der Waals surface area contributed by atoms with Crippen molar-refractivity contribution in [2.75, 3.05) is 18.1 Å². The quantitative estimate of drug-likeness (QED) is 0.648. The van der Waals surface area contributed by atoms with Gasteiger partial charge in [0.25, 0.3) is 0 Å². The van der Waals surface area contributed by atoms with Crippen LogP contribution in [0, 0.1) is 11.8 Å². The fourth-order valence-electron chi connectivity index (χ4n) is 2.70. The van der Waals surface area contributed by atoms with E-state index in [9.17, 15) is 0 Å². The van der Waals surface area contributed by atoms with Gasteiger partial charge in [0.15, 0.2) is 0 Å². The molecule has 0 amide bonds. The summed E-state index contributed by atoms with van der Waals surface area (Å²) in [5.41, 5.74) is 0. The van der Waals surface area contributed by atoms with Crippen molar-refractivity contribution in [3.05, 3.63) is 0 Å². The van der Waals surface area contributed by atoms with Gasteiger partial charge in [-0.1, -0.05) is 46.5 Å². The molecule has 1 saturated carbocycles. The number of hydrogen-bond acceptors (Lipinski definition) is 2. The van der Waals surface area contributed by atoms with Crippen molar-refractivity contribution < 1.29 is 0 Å². The monoisotopic (exact) mass is 243 g/mol. The minimum Gasteiger partial charge on any atom is -0.314 e. The van der Waals surface area contributed by atoms with E-state index in [1.165, 1.54) is 50.2 Å². The van der Waals surface area contributed by atoms with E-state index in [2.05, 4.69) is 37.8 Å². The first kappa shape index (κ1) is 14.4. The van der Waals surface area contributed by atoms with Gasteiger partial charge in [0.2, 0.25) is 0 Å². The van der Waals surface area contributed by atoms with E-state index in [0.29, 0.717) is 6.04 Å². The Morgan fingerprint density at radius 1 is 1.25 bits per heavy atom. The summed E-state index contributed by atoms with van der Waals surface area (Å²) in [5.74, 6) is 4.58. The highest BCUT2D eigenvalue weighted by Crippen LogP contribution is 2.33. The Morgan fingerprint density at radius 2 is 1.94 bits per heavy atom. The Labute approximate surface area is 106 Å². The molecule has 1 rings (SSSR count). The first-order valence-corrected chi connectivity index (χ1v) is 8.20. The summed E-state index contributed by atoms with van der Waals surface area (Å²) in [6.07, 6.45) is 7.35. The average Bonchev–Trinajstić information content (AvgIpc) is 2.76. The van der Waals surface area contributed by atoms with Gasteiger partial charge in [-0.15, -0.1) is 0 Å². The van der Waals surface area contributed by atoms with E-state index in [1.54, 1.807) is 0 Å². The lowest BCUT2D eigenvalue weighted by atomic mass is 9.88. The number of nitrogens with one attached hydrogen (secondary N) is 1. The van der Waals surface area contributed by atoms with Crippen LogP contribution in [0.1, 0.15) is 52.9 Å². The third-order valence-electron chi connectivity index (χ3n) is 3.69. The molecule has 0 aromatic carbocycles. The molecule has 16 heavy (non-hydrogen) atoms. The minimum absolute atomic E-state index is 0.641. The summed E-state index contributed by atoms with van der Waals surface area (Å²) in [5, 5.41) is 3.64. The standard InChI is InChI=1S/C14H29NS/c1-4-16-10-9-14(11-15-12(2)3)13-7-5-6-8-13/h12-15H,4-11H2,1-3H3. The van der Waals surface area contributed by atoms with Gasteiger partial charge in [-0.25, -0.2) is 0 Å². The lowest BCUT2D eigenvalue weighted by Gasteiger charge is -2.25. The zero-order chi connectivity index (χ0) is 11.8. The van der Waals surface area contributed by atoms with Crippen molar-refractivity contribution in [3.8, 4) is 0 Å². The number of rotatable bonds is 8. The third kappa shape index (κ3) is 5.58. The van der Waals surface area contributed by atoms with Crippen LogP contribution in [0.5, 0.6) is 0 Å². The van der Waals surface area contributed by atoms with Crippen molar-refractivity contribution in [2.45, 2.75) is 58.9 Å². The highest BCUT2D eigenvalue weighted by molar-refractivity contribution is 7.99. The second kappa shape index (κ2) is 8.41. The molecule has 1 atom stereocenters. The van der Waals surface area contributed by atoms with Crippen molar-refractivity contribution >= 4 is 11.8 Å². The van der Waals surface area contributed by atoms with Crippen LogP contribution in [0.25, 0.3) is 0 Å². The molecule has 1 fully saturated rings. The Morgan fingerprint density at radius 3 is 2.50 bits per heavy atom. The smallest absolute Gasteiger partial charge is 0.00104 e. The lowest BCUT2D eigenvalue weighted by Crippen LogP contribution is -2.32. The lowest BCUT2D eigenvalue weighted by molar-refractivity contribution is 0.308. The molecular formula is C14H29NS. The Bertz CT molecular complexity index is 164. The topological polar surface area (TPSA) is 12.0 Å².